The van der Waals surface area contributed by atoms with Crippen molar-refractivity contribution in [2.75, 3.05) is 29.0 Å². The van der Waals surface area contributed by atoms with Crippen LogP contribution in [0.2, 0.25) is 0 Å². The number of aryl methyl sites for hydroxylation is 1. The van der Waals surface area contributed by atoms with Gasteiger partial charge >= 0.3 is 6.09 Å². The van der Waals surface area contributed by atoms with Gasteiger partial charge in [-0.25, -0.2) is 14.2 Å². The van der Waals surface area contributed by atoms with E-state index in [-0.39, 0.29) is 17.7 Å². The van der Waals surface area contributed by atoms with Crippen molar-refractivity contribution < 1.29 is 13.9 Å². The highest BCUT2D eigenvalue weighted by Crippen LogP contribution is 2.37. The molecular weight excluding hydrogens is 375 g/mol. The Bertz CT molecular complexity index is 1060. The minimum Gasteiger partial charge on any atom is -0.447 e. The van der Waals surface area contributed by atoms with Crippen LogP contribution in [0.15, 0.2) is 23.3 Å². The molecule has 29 heavy (non-hydrogen) atoms. The smallest absolute Gasteiger partial charge is 0.414 e. The Labute approximate surface area is 167 Å². The highest BCUT2D eigenvalue weighted by Gasteiger charge is 2.31. The standard InChI is InChI=1S/C20H21FN6O2/c1-10(2)29-20(28)26-19-24-9-12-7-14(13-8-16(22)15(21)6-11(13)3)18-23-4-5-27(18)17(12)25-19/h6-10H,4-5,22H2,1-3H3,(H,24,25,26,28). The number of aliphatic imine (C=N–C) groups is 1. The molecule has 0 bridgehead atoms. The number of amidine groups is 1. The fourth-order valence-electron chi connectivity index (χ4n) is 3.38. The summed E-state index contributed by atoms with van der Waals surface area (Å²) >= 11 is 0. The summed E-state index contributed by atoms with van der Waals surface area (Å²) in [5, 5.41) is 2.54. The van der Waals surface area contributed by atoms with Crippen molar-refractivity contribution in [3.63, 3.8) is 0 Å². The summed E-state index contributed by atoms with van der Waals surface area (Å²) in [6, 6.07) is 3.05. The van der Waals surface area contributed by atoms with Crippen LogP contribution >= 0.6 is 0 Å². The zero-order valence-corrected chi connectivity index (χ0v) is 16.4. The molecule has 1 aromatic heterocycles. The van der Waals surface area contributed by atoms with Crippen LogP contribution in [0, 0.1) is 12.7 Å². The average Bonchev–Trinajstić information content (AvgIpc) is 3.14. The third-order valence-electron chi connectivity index (χ3n) is 4.62. The van der Waals surface area contributed by atoms with Gasteiger partial charge in [0.25, 0.3) is 0 Å². The lowest BCUT2D eigenvalue weighted by Gasteiger charge is -2.28. The Morgan fingerprint density at radius 1 is 1.38 bits per heavy atom. The van der Waals surface area contributed by atoms with Crippen LogP contribution in [-0.2, 0) is 4.74 Å². The second-order valence-electron chi connectivity index (χ2n) is 7.16. The third-order valence-corrected chi connectivity index (χ3v) is 4.62. The van der Waals surface area contributed by atoms with Gasteiger partial charge in [0.1, 0.15) is 17.5 Å². The van der Waals surface area contributed by atoms with Gasteiger partial charge in [0.15, 0.2) is 0 Å². The summed E-state index contributed by atoms with van der Waals surface area (Å²) in [7, 11) is 0. The SMILES string of the molecule is Cc1cc(F)c(N)cc1C1=Cc2cnc(NC(=O)OC(C)C)nc2N2CCN=C12. The molecule has 0 radical (unpaired) electrons. The van der Waals surface area contributed by atoms with Crippen molar-refractivity contribution in [3.05, 3.63) is 40.8 Å². The number of nitrogen functional groups attached to an aromatic ring is 1. The Kier molecular flexibility index (Phi) is 4.65. The fraction of sp³-hybridized carbons (Fsp3) is 0.300. The Morgan fingerprint density at radius 2 is 2.17 bits per heavy atom. The van der Waals surface area contributed by atoms with Gasteiger partial charge in [0.05, 0.1) is 18.3 Å². The summed E-state index contributed by atoms with van der Waals surface area (Å²) in [6.07, 6.45) is 2.68. The molecule has 3 N–H and O–H groups in total. The predicted molar refractivity (Wildman–Crippen MR) is 110 cm³/mol. The summed E-state index contributed by atoms with van der Waals surface area (Å²) in [5.74, 6) is 1.09. The van der Waals surface area contributed by atoms with E-state index in [1.165, 1.54) is 6.07 Å². The first-order chi connectivity index (χ1) is 13.8. The van der Waals surface area contributed by atoms with Gasteiger partial charge in [-0.1, -0.05) is 0 Å². The third kappa shape index (κ3) is 3.51. The summed E-state index contributed by atoms with van der Waals surface area (Å²) < 4.78 is 18.9. The van der Waals surface area contributed by atoms with E-state index in [1.807, 2.05) is 17.9 Å². The van der Waals surface area contributed by atoms with Crippen molar-refractivity contribution in [3.8, 4) is 0 Å². The molecule has 2 aromatic rings. The number of fused-ring (bicyclic) bond motifs is 3. The number of carbonyl (C=O) groups is 1. The maximum atomic E-state index is 13.8. The molecule has 0 saturated carbocycles. The molecule has 3 heterocycles. The molecule has 0 atom stereocenters. The molecule has 150 valence electrons. The topological polar surface area (TPSA) is 106 Å². The number of nitrogens with one attached hydrogen (secondary N) is 1. The number of amides is 1. The predicted octanol–water partition coefficient (Wildman–Crippen LogP) is 3.24. The normalized spacial score (nSPS) is 14.9. The van der Waals surface area contributed by atoms with Gasteiger partial charge < -0.3 is 15.4 Å². The highest BCUT2D eigenvalue weighted by molar-refractivity contribution is 6.36. The van der Waals surface area contributed by atoms with Crippen LogP contribution in [0.25, 0.3) is 11.6 Å². The molecule has 0 spiro atoms. The summed E-state index contributed by atoms with van der Waals surface area (Å²) in [6.45, 7) is 6.60. The van der Waals surface area contributed by atoms with Crippen molar-refractivity contribution >= 4 is 41.0 Å². The number of anilines is 3. The summed E-state index contributed by atoms with van der Waals surface area (Å²) in [4.78, 5) is 27.1. The lowest BCUT2D eigenvalue weighted by atomic mass is 9.94. The van der Waals surface area contributed by atoms with Crippen LogP contribution in [0.1, 0.15) is 30.5 Å². The van der Waals surface area contributed by atoms with Crippen LogP contribution in [0.5, 0.6) is 0 Å². The van der Waals surface area contributed by atoms with E-state index in [9.17, 15) is 9.18 Å². The Hall–Kier alpha value is -3.49. The first kappa shape index (κ1) is 18.9. The number of nitrogens with zero attached hydrogens (tertiary/aromatic N) is 4. The van der Waals surface area contributed by atoms with Crippen molar-refractivity contribution in [1.82, 2.24) is 9.97 Å². The van der Waals surface area contributed by atoms with Crippen LogP contribution in [-0.4, -0.2) is 41.1 Å². The van der Waals surface area contributed by atoms with Gasteiger partial charge in [0.2, 0.25) is 5.95 Å². The van der Waals surface area contributed by atoms with Gasteiger partial charge in [-0.2, -0.15) is 4.98 Å². The maximum Gasteiger partial charge on any atom is 0.414 e. The quantitative estimate of drug-likeness (QED) is 0.772. The monoisotopic (exact) mass is 396 g/mol. The lowest BCUT2D eigenvalue weighted by Crippen LogP contribution is -2.33. The van der Waals surface area contributed by atoms with Gasteiger partial charge in [-0.15, -0.1) is 0 Å². The zero-order valence-electron chi connectivity index (χ0n) is 16.4. The molecule has 2 aliphatic rings. The van der Waals surface area contributed by atoms with Crippen LogP contribution in [0.4, 0.5) is 26.6 Å². The molecule has 0 saturated heterocycles. The van der Waals surface area contributed by atoms with Crippen molar-refractivity contribution in [2.24, 2.45) is 4.99 Å². The number of carbonyl (C=O) groups excluding carboxylic acids is 1. The molecule has 0 unspecified atom stereocenters. The molecule has 2 aliphatic heterocycles. The number of hydrogen-bond donors (Lipinski definition) is 2. The Morgan fingerprint density at radius 3 is 2.93 bits per heavy atom. The number of hydrogen-bond acceptors (Lipinski definition) is 7. The molecule has 1 amide bonds. The van der Waals surface area contributed by atoms with E-state index in [1.54, 1.807) is 26.1 Å². The largest absolute Gasteiger partial charge is 0.447 e. The number of benzene rings is 1. The maximum absolute atomic E-state index is 13.8. The van der Waals surface area contributed by atoms with Gasteiger partial charge in [-0.3, -0.25) is 10.3 Å². The fourth-order valence-corrected chi connectivity index (χ4v) is 3.38. The second kappa shape index (κ2) is 7.16. The number of nitrogens with two attached hydrogens (primary N) is 1. The van der Waals surface area contributed by atoms with E-state index in [0.29, 0.717) is 18.9 Å². The molecule has 4 rings (SSSR count). The van der Waals surface area contributed by atoms with Crippen molar-refractivity contribution in [1.29, 1.82) is 0 Å². The number of aromatic nitrogens is 2. The number of ether oxygens (including phenoxy) is 1. The number of halogens is 1. The van der Waals surface area contributed by atoms with E-state index in [0.717, 1.165) is 28.1 Å². The van der Waals surface area contributed by atoms with Gasteiger partial charge in [-0.05, 0) is 50.1 Å². The second-order valence-corrected chi connectivity index (χ2v) is 7.16. The lowest BCUT2D eigenvalue weighted by molar-refractivity contribution is 0.129. The molecular formula is C20H21FN6O2. The van der Waals surface area contributed by atoms with E-state index in [4.69, 9.17) is 10.5 Å². The highest BCUT2D eigenvalue weighted by atomic mass is 19.1. The van der Waals surface area contributed by atoms with Crippen molar-refractivity contribution in [2.45, 2.75) is 26.9 Å². The van der Waals surface area contributed by atoms with E-state index < -0.39 is 11.9 Å². The summed E-state index contributed by atoms with van der Waals surface area (Å²) in [5.41, 5.74) is 9.06. The molecule has 0 fully saturated rings. The minimum atomic E-state index is -0.611. The number of rotatable bonds is 3. The minimum absolute atomic E-state index is 0.0851. The van der Waals surface area contributed by atoms with Crippen LogP contribution < -0.4 is 16.0 Å². The molecule has 0 aliphatic carbocycles. The molecule has 1 aromatic carbocycles. The average molecular weight is 396 g/mol. The van der Waals surface area contributed by atoms with E-state index in [2.05, 4.69) is 20.3 Å². The molecule has 9 heteroatoms. The van der Waals surface area contributed by atoms with Crippen LogP contribution in [0.3, 0.4) is 0 Å². The first-order valence-electron chi connectivity index (χ1n) is 9.28. The van der Waals surface area contributed by atoms with E-state index >= 15 is 0 Å². The van der Waals surface area contributed by atoms with Gasteiger partial charge in [0, 0.05) is 23.9 Å². The Balaban J connectivity index is 1.74. The zero-order chi connectivity index (χ0) is 20.7. The first-order valence-corrected chi connectivity index (χ1v) is 9.28. The molecule has 8 nitrogen and oxygen atoms in total.